The number of hydrogen-bond donors (Lipinski definition) is 19. The van der Waals surface area contributed by atoms with Gasteiger partial charge in [0.15, 0.2) is 5.96 Å². The lowest BCUT2D eigenvalue weighted by Crippen LogP contribution is -2.67. The van der Waals surface area contributed by atoms with Crippen molar-refractivity contribution in [3.8, 4) is 0 Å². The van der Waals surface area contributed by atoms with E-state index in [-0.39, 0.29) is 116 Å². The smallest absolute Gasteiger partial charge is 0.246 e. The van der Waals surface area contributed by atoms with Gasteiger partial charge in [-0.3, -0.25) is 86.9 Å². The topological polar surface area (TPSA) is 585 Å². The molecule has 1 aliphatic carbocycles. The molecule has 0 radical (unpaired) electrons. The van der Waals surface area contributed by atoms with Gasteiger partial charge in [0.2, 0.25) is 100 Å². The van der Waals surface area contributed by atoms with E-state index < -0.39 is 258 Å². The summed E-state index contributed by atoms with van der Waals surface area (Å²) in [5.74, 6) is -20.3. The van der Waals surface area contributed by atoms with Crippen molar-refractivity contribution in [1.82, 2.24) is 89.1 Å². The second kappa shape index (κ2) is 45.0. The number of guanidine groups is 1. The van der Waals surface area contributed by atoms with Crippen LogP contribution in [0.1, 0.15) is 171 Å². The highest BCUT2D eigenvalue weighted by atomic mass is 33.1. The van der Waals surface area contributed by atoms with Gasteiger partial charge in [0, 0.05) is 57.2 Å². The number of rotatable bonds is 14. The van der Waals surface area contributed by atoms with Gasteiger partial charge in [0.25, 0.3) is 0 Å². The zero-order valence-corrected chi connectivity index (χ0v) is 69.9. The van der Waals surface area contributed by atoms with Crippen LogP contribution in [0.25, 0.3) is 0 Å². The fraction of sp³-hybridized carbons (Fsp3) is 0.760. The summed E-state index contributed by atoms with van der Waals surface area (Å²) in [6, 6.07) is -17.5. The quantitative estimate of drug-likeness (QED) is 0.0255. The first-order valence-electron chi connectivity index (χ1n) is 40.4. The average Bonchev–Trinajstić information content (AvgIpc) is 1.63. The molecule has 650 valence electrons. The van der Waals surface area contributed by atoms with Crippen LogP contribution in [-0.2, 0) is 81.5 Å². The summed E-state index contributed by atoms with van der Waals surface area (Å²) in [5, 5.41) is 66.5. The molecule has 21 N–H and O–H groups in total. The second-order valence-corrected chi connectivity index (χ2v) is 35.0. The standard InChI is InChI=1S/C75H124N20O19S2/c1-11-39(4)56-68(110)89-50-37-115-116-38-52(67(109)92-58(41(6)13-3)71(113)94-28-16-20-51(94)66(108)85-46(59(76)101)30-53(98)82-33-54(99)81-32-42-21-23-43(24-22-42)60(102)83-34-55(100)90-56)93(10)70(112)57(40(5)12-2)91-61(103)44-18-14-26-79-72(114)75(44)25-17-29-95(75)69(111)47(31-74(7,8)9)86-64(106)49(36-97)87-62(104)45(19-15-27-80-73(77)78)84-63(105)48(35-96)88-65(50)107/h39-52,56-58,96-97H,11-38H2,1-10H3,(H2,76,101)(H,79,114)(H,81,99)(H,82,98)(H,83,102)(H,84,105)(H,85,108)(H,86,106)(H,87,104)(H,88,107)(H,89,110)(H,90,100)(H,91,103)(H,92,109)(H4,77,78,80)/t39-,40-,41-,42?,43?,44+,45-,46-,47-,48-,49-,50-,51-,52-,56-,57-,58-,75-/m0/s1. The van der Waals surface area contributed by atoms with Crippen LogP contribution < -0.4 is 85.9 Å². The third kappa shape index (κ3) is 26.4. The minimum atomic E-state index is -1.95. The highest BCUT2D eigenvalue weighted by Crippen LogP contribution is 2.42. The van der Waals surface area contributed by atoms with E-state index in [1.807, 2.05) is 0 Å². The number of carbonyl (C=O) groups is 17. The van der Waals surface area contributed by atoms with E-state index in [9.17, 15) is 58.2 Å². The van der Waals surface area contributed by atoms with Gasteiger partial charge in [0.05, 0.1) is 38.6 Å². The second-order valence-electron chi connectivity index (χ2n) is 32.5. The van der Waals surface area contributed by atoms with Gasteiger partial charge in [-0.15, -0.1) is 0 Å². The summed E-state index contributed by atoms with van der Waals surface area (Å²) in [6.45, 7) is 12.3. The van der Waals surface area contributed by atoms with Crippen molar-refractivity contribution in [3.63, 3.8) is 0 Å². The molecule has 116 heavy (non-hydrogen) atoms. The number of carbonyl (C=O) groups excluding carboxylic acids is 17. The molecule has 4 bridgehead atoms. The number of aliphatic hydroxyl groups is 2. The molecule has 7 aliphatic rings. The molecule has 0 unspecified atom stereocenters. The van der Waals surface area contributed by atoms with Gasteiger partial charge < -0.3 is 111 Å². The minimum absolute atomic E-state index is 0.00486. The van der Waals surface area contributed by atoms with Gasteiger partial charge in [0.1, 0.15) is 72.0 Å². The maximum Gasteiger partial charge on any atom is 0.246 e. The molecule has 41 heteroatoms. The summed E-state index contributed by atoms with van der Waals surface area (Å²) in [4.78, 5) is 251. The number of amides is 17. The predicted octanol–water partition coefficient (Wildman–Crippen LogP) is -4.68. The number of nitrogens with zero attached hydrogens (tertiary/aromatic N) is 3. The molecule has 7 fully saturated rings. The van der Waals surface area contributed by atoms with Crippen LogP contribution >= 0.6 is 21.6 Å². The fourth-order valence-electron chi connectivity index (χ4n) is 15.3. The number of likely N-dealkylation sites (N-methyl/N-ethyl adjacent to an activating group) is 1. The summed E-state index contributed by atoms with van der Waals surface area (Å²) in [6.07, 6.45) is 2.05. The zero-order valence-electron chi connectivity index (χ0n) is 68.3. The van der Waals surface area contributed by atoms with E-state index in [1.165, 1.54) is 16.8 Å². The van der Waals surface area contributed by atoms with Crippen LogP contribution in [0.4, 0.5) is 0 Å². The average molecular weight is 1670 g/mol. The van der Waals surface area contributed by atoms with Crippen LogP contribution in [0, 0.1) is 46.3 Å². The lowest BCUT2D eigenvalue weighted by atomic mass is 9.77. The van der Waals surface area contributed by atoms with Crippen molar-refractivity contribution in [2.45, 2.75) is 243 Å². The molecule has 1 spiro atoms. The summed E-state index contributed by atoms with van der Waals surface area (Å²) < 4.78 is 0. The number of hydrogen-bond acceptors (Lipinski definition) is 22. The van der Waals surface area contributed by atoms with Crippen LogP contribution in [0.5, 0.6) is 0 Å². The molecule has 39 nitrogen and oxygen atoms in total. The van der Waals surface area contributed by atoms with Gasteiger partial charge in [-0.25, -0.2) is 0 Å². The third-order valence-corrected chi connectivity index (χ3v) is 25.2. The summed E-state index contributed by atoms with van der Waals surface area (Å²) >= 11 is 0. The van der Waals surface area contributed by atoms with Crippen molar-refractivity contribution in [1.29, 1.82) is 5.41 Å². The van der Waals surface area contributed by atoms with Crippen LogP contribution in [-0.4, -0.2) is 281 Å². The maximum atomic E-state index is 15.8. The predicted molar refractivity (Wildman–Crippen MR) is 427 cm³/mol. The van der Waals surface area contributed by atoms with E-state index in [1.54, 1.807) is 62.3 Å². The largest absolute Gasteiger partial charge is 0.394 e. The van der Waals surface area contributed by atoms with Crippen molar-refractivity contribution in [2.24, 2.45) is 52.4 Å². The lowest BCUT2D eigenvalue weighted by molar-refractivity contribution is -0.155. The van der Waals surface area contributed by atoms with Crippen LogP contribution in [0.15, 0.2) is 0 Å². The van der Waals surface area contributed by atoms with Gasteiger partial charge >= 0.3 is 0 Å². The molecule has 1 saturated carbocycles. The number of aliphatic hydroxyl groups excluding tert-OH is 2. The highest BCUT2D eigenvalue weighted by Gasteiger charge is 2.59. The Morgan fingerprint density at radius 3 is 1.74 bits per heavy atom. The number of nitrogens with two attached hydrogens (primary N) is 2. The van der Waals surface area contributed by atoms with E-state index in [0.29, 0.717) is 25.7 Å². The molecule has 0 aromatic rings. The van der Waals surface area contributed by atoms with Crippen molar-refractivity contribution < 1.29 is 91.7 Å². The SMILES string of the molecule is CC[C@H](C)[C@@H]1NC(=O)CNC(=O)C2CCC(CC2)CNC(=O)CNC(=O)C[C@@H](C(N)=O)NC(=O)[C@@H]2CCCN2C(=O)[C@H]([C@@H](C)CC)NC(=O)[C@@H]2CSSC[C@H](NC1=O)C(=O)N[C@@H](CO)C(=O)N[C@@H](CCCNC(=N)N)C(=O)N[C@@H](CO)C(=O)N[C@@H](CC(C)(C)C)C(=O)N1CCC[C@]13C(=O)NCCC[C@@H]3C(=O)N[C@@H]([C@@H](C)CC)C(=O)N2C. The van der Waals surface area contributed by atoms with Gasteiger partial charge in [-0.1, -0.05) is 103 Å². The number of primary amides is 1. The summed E-state index contributed by atoms with van der Waals surface area (Å²) in [5.41, 5.74) is 8.56. The van der Waals surface area contributed by atoms with E-state index in [2.05, 4.69) is 74.4 Å². The first-order valence-corrected chi connectivity index (χ1v) is 42.9. The molecule has 6 aliphatic heterocycles. The van der Waals surface area contributed by atoms with Gasteiger partial charge in [-0.05, 0) is 113 Å². The Hall–Kier alpha value is -9.12. The Kier molecular flexibility index (Phi) is 37.1. The Balaban J connectivity index is 1.51. The van der Waals surface area contributed by atoms with E-state index >= 15 is 33.6 Å². The van der Waals surface area contributed by atoms with Crippen molar-refractivity contribution in [2.75, 3.05) is 77.6 Å². The molecule has 6 saturated heterocycles. The first kappa shape index (κ1) is 95.7. The monoisotopic (exact) mass is 1670 g/mol. The van der Waals surface area contributed by atoms with E-state index in [0.717, 1.165) is 26.5 Å². The van der Waals surface area contributed by atoms with Gasteiger partial charge in [-0.2, -0.15) is 0 Å². The van der Waals surface area contributed by atoms with Crippen molar-refractivity contribution >= 4 is 128 Å². The Morgan fingerprint density at radius 2 is 1.13 bits per heavy atom. The normalized spacial score (nSPS) is 30.5. The van der Waals surface area contributed by atoms with E-state index in [4.69, 9.17) is 16.9 Å². The highest BCUT2D eigenvalue weighted by molar-refractivity contribution is 8.76. The number of fused-ring (bicyclic) bond motifs is 21. The van der Waals surface area contributed by atoms with Crippen molar-refractivity contribution in [3.05, 3.63) is 0 Å². The molecule has 17 amide bonds. The molecular weight excluding hydrogens is 1550 g/mol. The lowest BCUT2D eigenvalue weighted by Gasteiger charge is -2.43. The Labute approximate surface area is 684 Å². The Bertz CT molecular complexity index is 3570. The molecule has 16 atom stereocenters. The Morgan fingerprint density at radius 1 is 0.560 bits per heavy atom. The third-order valence-electron chi connectivity index (χ3n) is 22.8. The molecule has 6 heterocycles. The maximum absolute atomic E-state index is 15.8. The van der Waals surface area contributed by atoms with Crippen LogP contribution in [0.2, 0.25) is 0 Å². The molecule has 0 aromatic carbocycles. The number of nitrogens with one attached hydrogen (secondary N) is 15. The molecule has 7 rings (SSSR count). The molecule has 0 aromatic heterocycles. The molecular formula is C75H124N20O19S2. The fourth-order valence-corrected chi connectivity index (χ4v) is 17.7. The zero-order chi connectivity index (χ0) is 86.1. The van der Waals surface area contributed by atoms with Crippen LogP contribution in [0.3, 0.4) is 0 Å². The first-order chi connectivity index (χ1) is 54.8. The minimum Gasteiger partial charge on any atom is -0.394 e. The summed E-state index contributed by atoms with van der Waals surface area (Å²) in [7, 11) is 3.02.